The highest BCUT2D eigenvalue weighted by atomic mass is 31.1. The molecule has 1 heteroatoms. The van der Waals surface area contributed by atoms with Gasteiger partial charge in [-0.05, 0) is 24.7 Å². The van der Waals surface area contributed by atoms with Crippen molar-refractivity contribution in [1.82, 2.24) is 0 Å². The van der Waals surface area contributed by atoms with E-state index >= 15 is 0 Å². The Kier molecular flexibility index (Phi) is 4.82. The third-order valence-electron chi connectivity index (χ3n) is 3.56. The van der Waals surface area contributed by atoms with Gasteiger partial charge in [-0.25, -0.2) is 0 Å². The van der Waals surface area contributed by atoms with Crippen LogP contribution in [0.5, 0.6) is 0 Å². The van der Waals surface area contributed by atoms with E-state index in [1.165, 1.54) is 10.6 Å². The fourth-order valence-electron chi connectivity index (χ4n) is 2.48. The standard InChI is InChI=1S/C20H19P/c1-3-13-19(14-4-1)21(20-15-5-2-6-16-20)17-9-12-18-10-7-8-11-18/h1-16,18H,17H2/b12-9-. The van der Waals surface area contributed by atoms with E-state index in [1.54, 1.807) is 0 Å². The molecule has 0 nitrogen and oxygen atoms in total. The first-order valence-electron chi connectivity index (χ1n) is 7.33. The van der Waals surface area contributed by atoms with Crippen LogP contribution < -0.4 is 10.6 Å². The van der Waals surface area contributed by atoms with E-state index in [9.17, 15) is 0 Å². The fraction of sp³-hybridized carbons (Fsp3) is 0.100. The number of hydrogen-bond donors (Lipinski definition) is 0. The molecule has 0 amide bonds. The second-order valence-corrected chi connectivity index (χ2v) is 7.31. The third kappa shape index (κ3) is 3.80. The van der Waals surface area contributed by atoms with Crippen molar-refractivity contribution in [2.24, 2.45) is 5.92 Å². The van der Waals surface area contributed by atoms with Gasteiger partial charge in [-0.2, -0.15) is 0 Å². The Labute approximate surface area is 128 Å². The van der Waals surface area contributed by atoms with Crippen molar-refractivity contribution < 1.29 is 0 Å². The van der Waals surface area contributed by atoms with E-state index in [-0.39, 0.29) is 7.92 Å². The van der Waals surface area contributed by atoms with Crippen molar-refractivity contribution in [3.63, 3.8) is 0 Å². The van der Waals surface area contributed by atoms with Crippen LogP contribution in [0.25, 0.3) is 0 Å². The van der Waals surface area contributed by atoms with E-state index in [0.717, 1.165) is 6.16 Å². The summed E-state index contributed by atoms with van der Waals surface area (Å²) in [5.74, 6) is 0.480. The minimum atomic E-state index is -0.306. The highest BCUT2D eigenvalue weighted by molar-refractivity contribution is 7.73. The van der Waals surface area contributed by atoms with Crippen molar-refractivity contribution in [2.75, 3.05) is 6.16 Å². The van der Waals surface area contributed by atoms with Gasteiger partial charge in [0.25, 0.3) is 0 Å². The van der Waals surface area contributed by atoms with Gasteiger partial charge in [0.05, 0.1) is 0 Å². The first-order chi connectivity index (χ1) is 10.4. The normalized spacial score (nSPS) is 14.5. The summed E-state index contributed by atoms with van der Waals surface area (Å²) in [4.78, 5) is 0. The molecule has 0 saturated heterocycles. The molecule has 0 aromatic heterocycles. The summed E-state index contributed by atoms with van der Waals surface area (Å²) in [7, 11) is -0.306. The van der Waals surface area contributed by atoms with E-state index < -0.39 is 0 Å². The monoisotopic (exact) mass is 290 g/mol. The minimum Gasteiger partial charge on any atom is -0.0827 e. The molecule has 1 aliphatic rings. The predicted octanol–water partition coefficient (Wildman–Crippen LogP) is 4.42. The maximum Gasteiger partial charge on any atom is 0.0133 e. The van der Waals surface area contributed by atoms with Gasteiger partial charge in [0, 0.05) is 5.92 Å². The van der Waals surface area contributed by atoms with E-state index in [0.29, 0.717) is 5.92 Å². The van der Waals surface area contributed by atoms with Crippen LogP contribution >= 0.6 is 7.92 Å². The molecule has 0 heterocycles. The summed E-state index contributed by atoms with van der Waals surface area (Å²) < 4.78 is 0. The molecule has 0 fully saturated rings. The van der Waals surface area contributed by atoms with Crippen molar-refractivity contribution in [3.05, 3.63) is 97.1 Å². The fourth-order valence-corrected chi connectivity index (χ4v) is 4.59. The van der Waals surface area contributed by atoms with Crippen molar-refractivity contribution >= 4 is 18.5 Å². The second kappa shape index (κ2) is 7.20. The summed E-state index contributed by atoms with van der Waals surface area (Å²) in [6, 6.07) is 21.7. The molecule has 0 bridgehead atoms. The van der Waals surface area contributed by atoms with Crippen molar-refractivity contribution in [1.29, 1.82) is 0 Å². The predicted molar refractivity (Wildman–Crippen MR) is 94.8 cm³/mol. The van der Waals surface area contributed by atoms with Crippen molar-refractivity contribution in [2.45, 2.75) is 0 Å². The Morgan fingerprint density at radius 1 is 0.762 bits per heavy atom. The number of rotatable bonds is 5. The topological polar surface area (TPSA) is 0 Å². The van der Waals surface area contributed by atoms with Gasteiger partial charge in [0.2, 0.25) is 0 Å². The summed E-state index contributed by atoms with van der Waals surface area (Å²) in [5, 5.41) is 2.89. The molecule has 21 heavy (non-hydrogen) atoms. The van der Waals surface area contributed by atoms with Gasteiger partial charge in [0.15, 0.2) is 0 Å². The van der Waals surface area contributed by atoms with Gasteiger partial charge in [0.1, 0.15) is 0 Å². The van der Waals surface area contributed by atoms with Crippen LogP contribution in [0.4, 0.5) is 0 Å². The lowest BCUT2D eigenvalue weighted by Crippen LogP contribution is -2.13. The van der Waals surface area contributed by atoms with Gasteiger partial charge in [-0.15, -0.1) is 0 Å². The Balaban J connectivity index is 1.79. The lowest BCUT2D eigenvalue weighted by molar-refractivity contribution is 1.09. The Morgan fingerprint density at radius 3 is 1.81 bits per heavy atom. The highest BCUT2D eigenvalue weighted by Crippen LogP contribution is 2.33. The first kappa shape index (κ1) is 14.0. The zero-order valence-corrected chi connectivity index (χ0v) is 12.9. The smallest absolute Gasteiger partial charge is 0.0133 e. The quantitative estimate of drug-likeness (QED) is 0.565. The maximum absolute atomic E-state index is 2.34. The summed E-state index contributed by atoms with van der Waals surface area (Å²) in [5.41, 5.74) is 0. The molecule has 104 valence electrons. The molecule has 0 aliphatic heterocycles. The summed E-state index contributed by atoms with van der Waals surface area (Å²) in [6.45, 7) is 0. The van der Waals surface area contributed by atoms with Crippen LogP contribution in [-0.2, 0) is 0 Å². The maximum atomic E-state index is 2.34. The zero-order valence-electron chi connectivity index (χ0n) is 12.0. The van der Waals surface area contributed by atoms with Crippen LogP contribution in [0.15, 0.2) is 97.1 Å². The molecule has 0 N–H and O–H groups in total. The SMILES string of the molecule is C1=CC(/C=C\CP(c2ccccc2)c2ccccc2)C=C1. The lowest BCUT2D eigenvalue weighted by atomic mass is 10.2. The molecular formula is C20H19P. The Bertz CT molecular complexity index is 587. The molecule has 0 spiro atoms. The zero-order chi connectivity index (χ0) is 14.3. The van der Waals surface area contributed by atoms with E-state index in [1.807, 2.05) is 0 Å². The summed E-state index contributed by atoms with van der Waals surface area (Å²) in [6.07, 6.45) is 14.4. The van der Waals surface area contributed by atoms with Crippen molar-refractivity contribution in [3.8, 4) is 0 Å². The average molecular weight is 290 g/mol. The van der Waals surface area contributed by atoms with Crippen LogP contribution in [0.3, 0.4) is 0 Å². The van der Waals surface area contributed by atoms with Gasteiger partial charge in [-0.1, -0.05) is 97.1 Å². The number of allylic oxidation sites excluding steroid dienone is 6. The molecule has 0 saturated carbocycles. The Morgan fingerprint density at radius 2 is 1.29 bits per heavy atom. The van der Waals surface area contributed by atoms with E-state index in [4.69, 9.17) is 0 Å². The summed E-state index contributed by atoms with van der Waals surface area (Å²) >= 11 is 0. The van der Waals surface area contributed by atoms with E-state index in [2.05, 4.69) is 97.1 Å². The molecule has 0 unspecified atom stereocenters. The molecule has 2 aromatic carbocycles. The van der Waals surface area contributed by atoms with Crippen LogP contribution in [0, 0.1) is 5.92 Å². The molecular weight excluding hydrogens is 271 g/mol. The van der Waals surface area contributed by atoms with Crippen LogP contribution in [0.2, 0.25) is 0 Å². The molecule has 2 aromatic rings. The molecule has 1 aliphatic carbocycles. The molecule has 3 rings (SSSR count). The second-order valence-electron chi connectivity index (χ2n) is 5.06. The largest absolute Gasteiger partial charge is 0.0827 e. The molecule has 0 atom stereocenters. The minimum absolute atomic E-state index is 0.306. The Hall–Kier alpha value is -1.91. The van der Waals surface area contributed by atoms with Crippen LogP contribution in [-0.4, -0.2) is 6.16 Å². The molecule has 0 radical (unpaired) electrons. The lowest BCUT2D eigenvalue weighted by Gasteiger charge is -2.17. The first-order valence-corrected chi connectivity index (χ1v) is 8.85. The van der Waals surface area contributed by atoms with Gasteiger partial charge in [-0.3, -0.25) is 0 Å². The van der Waals surface area contributed by atoms with Gasteiger partial charge >= 0.3 is 0 Å². The number of benzene rings is 2. The average Bonchev–Trinajstić information content (AvgIpc) is 3.07. The van der Waals surface area contributed by atoms with Crippen LogP contribution in [0.1, 0.15) is 0 Å². The number of hydrogen-bond acceptors (Lipinski definition) is 0. The highest BCUT2D eigenvalue weighted by Gasteiger charge is 2.11. The van der Waals surface area contributed by atoms with Gasteiger partial charge < -0.3 is 0 Å². The third-order valence-corrected chi connectivity index (χ3v) is 5.98.